The Balaban J connectivity index is 2.23. The second kappa shape index (κ2) is 4.44. The van der Waals surface area contributed by atoms with Gasteiger partial charge in [-0.3, -0.25) is 0 Å². The van der Waals surface area contributed by atoms with Gasteiger partial charge in [0.1, 0.15) is 16.7 Å². The second-order valence-electron chi connectivity index (χ2n) is 3.32. The van der Waals surface area contributed by atoms with Gasteiger partial charge in [0.25, 0.3) is 0 Å². The molecule has 0 saturated heterocycles. The van der Waals surface area contributed by atoms with E-state index in [1.165, 1.54) is 11.8 Å². The third kappa shape index (κ3) is 2.66. The van der Waals surface area contributed by atoms with Crippen LogP contribution in [0.5, 0.6) is 0 Å². The number of aryl methyl sites for hydroxylation is 2. The van der Waals surface area contributed by atoms with Crippen LogP contribution < -0.4 is 5.73 Å². The van der Waals surface area contributed by atoms with Crippen molar-refractivity contribution in [1.82, 2.24) is 19.9 Å². The molecule has 0 radical (unpaired) electrons. The molecule has 2 rings (SSSR count). The fraction of sp³-hybridized carbons (Fsp3) is 0.200. The second-order valence-corrected chi connectivity index (χ2v) is 4.31. The Kier molecular flexibility index (Phi) is 3.00. The number of nitrogens with zero attached hydrogens (tertiary/aromatic N) is 4. The number of nitrogens with two attached hydrogens (primary N) is 1. The molecule has 0 saturated carbocycles. The van der Waals surface area contributed by atoms with E-state index in [0.717, 1.165) is 10.6 Å². The van der Waals surface area contributed by atoms with Gasteiger partial charge in [0.2, 0.25) is 0 Å². The smallest absolute Gasteiger partial charge is 0.193 e. The summed E-state index contributed by atoms with van der Waals surface area (Å²) < 4.78 is 0. The predicted molar refractivity (Wildman–Crippen MR) is 62.1 cm³/mol. The van der Waals surface area contributed by atoms with E-state index in [0.29, 0.717) is 16.8 Å². The van der Waals surface area contributed by atoms with E-state index in [4.69, 9.17) is 5.73 Å². The third-order valence-corrected chi connectivity index (χ3v) is 2.60. The highest BCUT2D eigenvalue weighted by Crippen LogP contribution is 2.23. The van der Waals surface area contributed by atoms with Crippen LogP contribution in [0, 0.1) is 13.8 Å². The minimum Gasteiger partial charge on any atom is -0.384 e. The molecule has 0 fully saturated rings. The van der Waals surface area contributed by atoms with Gasteiger partial charge >= 0.3 is 0 Å². The van der Waals surface area contributed by atoms with Gasteiger partial charge in [-0.2, -0.15) is 0 Å². The van der Waals surface area contributed by atoms with E-state index in [1.807, 2.05) is 6.92 Å². The molecule has 0 aromatic carbocycles. The van der Waals surface area contributed by atoms with Crippen molar-refractivity contribution in [2.45, 2.75) is 24.0 Å². The summed E-state index contributed by atoms with van der Waals surface area (Å²) in [6, 6.07) is 1.71. The summed E-state index contributed by atoms with van der Waals surface area (Å²) in [5.41, 5.74) is 6.66. The zero-order chi connectivity index (χ0) is 11.5. The predicted octanol–water partition coefficient (Wildman–Crippen LogP) is 1.62. The van der Waals surface area contributed by atoms with E-state index >= 15 is 0 Å². The van der Waals surface area contributed by atoms with Crippen molar-refractivity contribution in [3.8, 4) is 0 Å². The normalized spacial score (nSPS) is 10.4. The average molecular weight is 233 g/mol. The lowest BCUT2D eigenvalue weighted by molar-refractivity contribution is 0.931. The van der Waals surface area contributed by atoms with Gasteiger partial charge < -0.3 is 5.73 Å². The molecular formula is C10H11N5S. The first-order valence-corrected chi connectivity index (χ1v) is 5.53. The van der Waals surface area contributed by atoms with E-state index in [2.05, 4.69) is 19.9 Å². The number of nitrogen functional groups attached to an aromatic ring is 1. The molecule has 0 atom stereocenters. The number of rotatable bonds is 2. The first-order valence-electron chi connectivity index (χ1n) is 4.71. The quantitative estimate of drug-likeness (QED) is 0.627. The Hall–Kier alpha value is -1.69. The van der Waals surface area contributed by atoms with Crippen molar-refractivity contribution >= 4 is 17.6 Å². The summed E-state index contributed by atoms with van der Waals surface area (Å²) >= 11 is 1.37. The van der Waals surface area contributed by atoms with Crippen molar-refractivity contribution < 1.29 is 0 Å². The van der Waals surface area contributed by atoms with Crippen molar-refractivity contribution in [2.24, 2.45) is 0 Å². The van der Waals surface area contributed by atoms with Gasteiger partial charge in [-0.1, -0.05) is 0 Å². The molecule has 16 heavy (non-hydrogen) atoms. The maximum Gasteiger partial charge on any atom is 0.193 e. The molecule has 2 N–H and O–H groups in total. The molecule has 5 nitrogen and oxygen atoms in total. The molecule has 82 valence electrons. The SMILES string of the molecule is Cc1cnc(Sc2cc(N)nc(C)n2)nc1. The number of aromatic nitrogens is 4. The lowest BCUT2D eigenvalue weighted by Crippen LogP contribution is -1.97. The number of anilines is 1. The monoisotopic (exact) mass is 233 g/mol. The highest BCUT2D eigenvalue weighted by atomic mass is 32.2. The Morgan fingerprint density at radius 3 is 2.44 bits per heavy atom. The number of hydrogen-bond donors (Lipinski definition) is 1. The van der Waals surface area contributed by atoms with Crippen LogP contribution in [0.3, 0.4) is 0 Å². The minimum absolute atomic E-state index is 0.460. The Bertz CT molecular complexity index is 477. The van der Waals surface area contributed by atoms with Crippen LogP contribution >= 0.6 is 11.8 Å². The van der Waals surface area contributed by atoms with Crippen LogP contribution in [-0.4, -0.2) is 19.9 Å². The molecule has 6 heteroatoms. The van der Waals surface area contributed by atoms with Crippen LogP contribution in [0.2, 0.25) is 0 Å². The average Bonchev–Trinajstić information content (AvgIpc) is 2.20. The minimum atomic E-state index is 0.460. The lowest BCUT2D eigenvalue weighted by Gasteiger charge is -2.01. The molecule has 0 unspecified atom stereocenters. The van der Waals surface area contributed by atoms with Crippen LogP contribution in [0.4, 0.5) is 5.82 Å². The largest absolute Gasteiger partial charge is 0.384 e. The molecular weight excluding hydrogens is 222 g/mol. The van der Waals surface area contributed by atoms with Gasteiger partial charge in [-0.25, -0.2) is 19.9 Å². The Morgan fingerprint density at radius 1 is 1.12 bits per heavy atom. The molecule has 2 heterocycles. The molecule has 0 amide bonds. The van der Waals surface area contributed by atoms with Gasteiger partial charge in [0.05, 0.1) is 0 Å². The molecule has 0 aliphatic heterocycles. The van der Waals surface area contributed by atoms with Crippen LogP contribution in [0.15, 0.2) is 28.6 Å². The summed E-state index contributed by atoms with van der Waals surface area (Å²) in [5.74, 6) is 1.11. The fourth-order valence-electron chi connectivity index (χ4n) is 1.14. The van der Waals surface area contributed by atoms with Gasteiger partial charge in [0.15, 0.2) is 5.16 Å². The Morgan fingerprint density at radius 2 is 1.81 bits per heavy atom. The summed E-state index contributed by atoms with van der Waals surface area (Å²) in [4.78, 5) is 16.6. The zero-order valence-corrected chi connectivity index (χ0v) is 9.82. The van der Waals surface area contributed by atoms with Crippen molar-refractivity contribution in [3.63, 3.8) is 0 Å². The highest BCUT2D eigenvalue weighted by molar-refractivity contribution is 7.99. The van der Waals surface area contributed by atoms with Crippen molar-refractivity contribution in [1.29, 1.82) is 0 Å². The van der Waals surface area contributed by atoms with E-state index < -0.39 is 0 Å². The standard InChI is InChI=1S/C10H11N5S/c1-6-4-12-10(13-5-6)16-9-3-8(11)14-7(2)15-9/h3-5H,1-2H3,(H2,11,14,15). The van der Waals surface area contributed by atoms with Gasteiger partial charge in [-0.05, 0) is 31.2 Å². The first kappa shape index (κ1) is 10.8. The fourth-order valence-corrected chi connectivity index (χ4v) is 1.90. The zero-order valence-electron chi connectivity index (χ0n) is 9.01. The molecule has 0 aliphatic rings. The van der Waals surface area contributed by atoms with Crippen LogP contribution in [-0.2, 0) is 0 Å². The highest BCUT2D eigenvalue weighted by Gasteiger charge is 2.04. The van der Waals surface area contributed by atoms with Gasteiger partial charge in [-0.15, -0.1) is 0 Å². The summed E-state index contributed by atoms with van der Waals surface area (Å²) in [7, 11) is 0. The van der Waals surface area contributed by atoms with Gasteiger partial charge in [0, 0.05) is 18.5 Å². The third-order valence-electron chi connectivity index (χ3n) is 1.79. The van der Waals surface area contributed by atoms with Crippen molar-refractivity contribution in [3.05, 3.63) is 29.8 Å². The molecule has 2 aromatic rings. The van der Waals surface area contributed by atoms with E-state index in [-0.39, 0.29) is 0 Å². The summed E-state index contributed by atoms with van der Waals surface area (Å²) in [6.07, 6.45) is 3.54. The van der Waals surface area contributed by atoms with Crippen LogP contribution in [0.25, 0.3) is 0 Å². The lowest BCUT2D eigenvalue weighted by atomic mass is 10.4. The number of hydrogen-bond acceptors (Lipinski definition) is 6. The van der Waals surface area contributed by atoms with E-state index in [1.54, 1.807) is 25.4 Å². The molecule has 0 bridgehead atoms. The summed E-state index contributed by atoms with van der Waals surface area (Å²) in [5, 5.41) is 1.41. The maximum atomic E-state index is 5.63. The molecule has 0 spiro atoms. The first-order chi connectivity index (χ1) is 7.63. The molecule has 2 aromatic heterocycles. The maximum absolute atomic E-state index is 5.63. The summed E-state index contributed by atoms with van der Waals surface area (Å²) in [6.45, 7) is 3.75. The molecule has 0 aliphatic carbocycles. The Labute approximate surface area is 97.6 Å². The van der Waals surface area contributed by atoms with Crippen LogP contribution in [0.1, 0.15) is 11.4 Å². The van der Waals surface area contributed by atoms with E-state index in [9.17, 15) is 0 Å². The topological polar surface area (TPSA) is 77.6 Å². The van der Waals surface area contributed by atoms with Crippen molar-refractivity contribution in [2.75, 3.05) is 5.73 Å².